The summed E-state index contributed by atoms with van der Waals surface area (Å²) in [4.78, 5) is 0. The predicted octanol–water partition coefficient (Wildman–Crippen LogP) is 0.887. The Morgan fingerprint density at radius 3 is 2.32 bits per heavy atom. The van der Waals surface area contributed by atoms with E-state index in [1.165, 1.54) is 0 Å². The van der Waals surface area contributed by atoms with E-state index < -0.39 is 15.6 Å². The highest BCUT2D eigenvalue weighted by Gasteiger charge is 2.26. The van der Waals surface area contributed by atoms with Crippen LogP contribution < -0.4 is 10.5 Å². The molecule has 1 rings (SSSR count). The summed E-state index contributed by atoms with van der Waals surface area (Å²) in [6, 6.07) is 2.07. The largest absolute Gasteiger partial charge is 0.384 e. The summed E-state index contributed by atoms with van der Waals surface area (Å²) in [7, 11) is -3.31. The van der Waals surface area contributed by atoms with Gasteiger partial charge < -0.3 is 10.3 Å². The zero-order valence-corrected chi connectivity index (χ0v) is 12.7. The zero-order chi connectivity index (χ0) is 15.0. The molecule has 3 N–H and O–H groups in total. The minimum atomic E-state index is -3.31. The molecular weight excluding hydrogens is 264 g/mol. The van der Waals surface area contributed by atoms with Crippen molar-refractivity contribution in [2.75, 3.05) is 12.0 Å². The van der Waals surface area contributed by atoms with Gasteiger partial charge in [0, 0.05) is 17.8 Å². The smallest absolute Gasteiger partial charge is 0.209 e. The SMILES string of the molecule is Cc1c(C#N)c(N)n(CC(C)(C)NS(C)(=O)=O)c1C. The van der Waals surface area contributed by atoms with Gasteiger partial charge >= 0.3 is 0 Å². The van der Waals surface area contributed by atoms with Gasteiger partial charge in [-0.1, -0.05) is 0 Å². The first-order valence-corrected chi connectivity index (χ1v) is 7.72. The average molecular weight is 284 g/mol. The lowest BCUT2D eigenvalue weighted by atomic mass is 10.1. The van der Waals surface area contributed by atoms with Crippen molar-refractivity contribution >= 4 is 15.8 Å². The van der Waals surface area contributed by atoms with E-state index in [9.17, 15) is 8.42 Å². The van der Waals surface area contributed by atoms with E-state index in [0.717, 1.165) is 17.5 Å². The minimum Gasteiger partial charge on any atom is -0.384 e. The Balaban J connectivity index is 3.18. The molecule has 19 heavy (non-hydrogen) atoms. The van der Waals surface area contributed by atoms with Crippen LogP contribution >= 0.6 is 0 Å². The first-order chi connectivity index (χ1) is 8.48. The number of nitrogens with two attached hydrogens (primary N) is 1. The maximum Gasteiger partial charge on any atom is 0.209 e. The topological polar surface area (TPSA) is 101 Å². The van der Waals surface area contributed by atoms with Crippen LogP contribution in [-0.4, -0.2) is 24.8 Å². The zero-order valence-electron chi connectivity index (χ0n) is 11.9. The quantitative estimate of drug-likeness (QED) is 0.857. The van der Waals surface area contributed by atoms with Crippen LogP contribution in [0.2, 0.25) is 0 Å². The lowest BCUT2D eigenvalue weighted by Crippen LogP contribution is -2.46. The van der Waals surface area contributed by atoms with Gasteiger partial charge in [-0.2, -0.15) is 5.26 Å². The number of rotatable bonds is 4. The van der Waals surface area contributed by atoms with Crippen LogP contribution in [0.25, 0.3) is 0 Å². The maximum atomic E-state index is 11.3. The fourth-order valence-corrected chi connectivity index (χ4v) is 3.23. The molecule has 1 aromatic heterocycles. The third-order valence-electron chi connectivity index (χ3n) is 3.00. The number of nitriles is 1. The third kappa shape index (κ3) is 3.49. The minimum absolute atomic E-state index is 0.361. The van der Waals surface area contributed by atoms with Crippen LogP contribution in [0.3, 0.4) is 0 Å². The molecular formula is C12H20N4O2S. The second-order valence-electron chi connectivity index (χ2n) is 5.43. The van der Waals surface area contributed by atoms with Crippen LogP contribution in [0, 0.1) is 25.2 Å². The average Bonchev–Trinajstić information content (AvgIpc) is 2.39. The molecule has 0 fully saturated rings. The van der Waals surface area contributed by atoms with E-state index in [-0.39, 0.29) is 0 Å². The molecule has 0 aromatic carbocycles. The normalized spacial score (nSPS) is 12.4. The van der Waals surface area contributed by atoms with Crippen molar-refractivity contribution in [2.45, 2.75) is 39.8 Å². The first-order valence-electron chi connectivity index (χ1n) is 5.82. The van der Waals surface area contributed by atoms with E-state index >= 15 is 0 Å². The standard InChI is InChI=1S/C12H20N4O2S/c1-8-9(2)16(11(14)10(8)6-13)7-12(3,4)15-19(5,17)18/h15H,7,14H2,1-5H3. The summed E-state index contributed by atoms with van der Waals surface area (Å²) in [6.07, 6.45) is 1.12. The molecule has 7 heteroatoms. The van der Waals surface area contributed by atoms with Gasteiger partial charge in [-0.15, -0.1) is 0 Å². The van der Waals surface area contributed by atoms with Gasteiger partial charge in [0.1, 0.15) is 11.9 Å². The van der Waals surface area contributed by atoms with Crippen LogP contribution in [0.5, 0.6) is 0 Å². The lowest BCUT2D eigenvalue weighted by molar-refractivity contribution is 0.390. The molecule has 106 valence electrons. The highest BCUT2D eigenvalue weighted by molar-refractivity contribution is 7.88. The molecule has 0 spiro atoms. The van der Waals surface area contributed by atoms with E-state index in [2.05, 4.69) is 10.8 Å². The lowest BCUT2D eigenvalue weighted by Gasteiger charge is -2.27. The Labute approximate surface area is 114 Å². The van der Waals surface area contributed by atoms with Crippen molar-refractivity contribution in [3.63, 3.8) is 0 Å². The molecule has 1 aromatic rings. The highest BCUT2D eigenvalue weighted by Crippen LogP contribution is 2.25. The summed E-state index contributed by atoms with van der Waals surface area (Å²) < 4.78 is 27.0. The van der Waals surface area contributed by atoms with Crippen molar-refractivity contribution < 1.29 is 8.42 Å². The Morgan fingerprint density at radius 1 is 1.42 bits per heavy atom. The fourth-order valence-electron chi connectivity index (χ4n) is 2.17. The summed E-state index contributed by atoms with van der Waals surface area (Å²) in [6.45, 7) is 7.60. The molecule has 0 radical (unpaired) electrons. The number of anilines is 1. The summed E-state index contributed by atoms with van der Waals surface area (Å²) >= 11 is 0. The van der Waals surface area contributed by atoms with Gasteiger partial charge in [-0.05, 0) is 33.3 Å². The fraction of sp³-hybridized carbons (Fsp3) is 0.583. The molecule has 0 saturated heterocycles. The van der Waals surface area contributed by atoms with Crippen molar-refractivity contribution in [1.29, 1.82) is 5.26 Å². The molecule has 1 heterocycles. The molecule has 0 saturated carbocycles. The third-order valence-corrected chi connectivity index (χ3v) is 3.92. The van der Waals surface area contributed by atoms with Crippen molar-refractivity contribution in [1.82, 2.24) is 9.29 Å². The van der Waals surface area contributed by atoms with E-state index in [1.54, 1.807) is 18.4 Å². The van der Waals surface area contributed by atoms with Gasteiger partial charge in [0.25, 0.3) is 0 Å². The van der Waals surface area contributed by atoms with Gasteiger partial charge in [0.05, 0.1) is 11.8 Å². The van der Waals surface area contributed by atoms with Gasteiger partial charge in [0.2, 0.25) is 10.0 Å². The molecule has 0 aliphatic carbocycles. The van der Waals surface area contributed by atoms with Crippen molar-refractivity contribution in [3.8, 4) is 6.07 Å². The van der Waals surface area contributed by atoms with Crippen LogP contribution in [0.4, 0.5) is 5.82 Å². The Morgan fingerprint density at radius 2 is 1.95 bits per heavy atom. The summed E-state index contributed by atoms with van der Waals surface area (Å²) in [5.41, 5.74) is 7.41. The number of sulfonamides is 1. The summed E-state index contributed by atoms with van der Waals surface area (Å²) in [5.74, 6) is 0.376. The number of hydrogen-bond acceptors (Lipinski definition) is 4. The molecule has 0 bridgehead atoms. The van der Waals surface area contributed by atoms with Gasteiger partial charge in [-0.3, -0.25) is 0 Å². The number of nitrogen functional groups attached to an aromatic ring is 1. The van der Waals surface area contributed by atoms with E-state index in [0.29, 0.717) is 17.9 Å². The summed E-state index contributed by atoms with van der Waals surface area (Å²) in [5, 5.41) is 9.07. The predicted molar refractivity (Wildman–Crippen MR) is 75.1 cm³/mol. The second-order valence-corrected chi connectivity index (χ2v) is 7.18. The first kappa shape index (κ1) is 15.5. The number of nitrogens with one attached hydrogen (secondary N) is 1. The van der Waals surface area contributed by atoms with Crippen LogP contribution in [-0.2, 0) is 16.6 Å². The van der Waals surface area contributed by atoms with Gasteiger partial charge in [-0.25, -0.2) is 13.1 Å². The molecule has 0 unspecified atom stereocenters. The van der Waals surface area contributed by atoms with Crippen molar-refractivity contribution in [3.05, 3.63) is 16.8 Å². The number of nitrogens with zero attached hydrogens (tertiary/aromatic N) is 2. The Bertz CT molecular complexity index is 636. The van der Waals surface area contributed by atoms with Crippen LogP contribution in [0.1, 0.15) is 30.7 Å². The molecule has 0 aliphatic rings. The molecule has 6 nitrogen and oxygen atoms in total. The molecule has 0 amide bonds. The Kier molecular flexibility index (Phi) is 3.98. The van der Waals surface area contributed by atoms with E-state index in [4.69, 9.17) is 11.0 Å². The highest BCUT2D eigenvalue weighted by atomic mass is 32.2. The second kappa shape index (κ2) is 4.87. The van der Waals surface area contributed by atoms with Crippen molar-refractivity contribution in [2.24, 2.45) is 0 Å². The molecule has 0 aliphatic heterocycles. The Hall–Kier alpha value is -1.52. The molecule has 0 atom stereocenters. The van der Waals surface area contributed by atoms with Crippen LogP contribution in [0.15, 0.2) is 0 Å². The monoisotopic (exact) mass is 284 g/mol. The van der Waals surface area contributed by atoms with Gasteiger partial charge in [0.15, 0.2) is 0 Å². The number of hydrogen-bond donors (Lipinski definition) is 2. The maximum absolute atomic E-state index is 11.3. The number of aromatic nitrogens is 1. The van der Waals surface area contributed by atoms with E-state index in [1.807, 2.05) is 13.8 Å².